The molecule has 0 fully saturated rings. The lowest BCUT2D eigenvalue weighted by molar-refractivity contribution is 0.414. The zero-order valence-corrected chi connectivity index (χ0v) is 15.3. The smallest absolute Gasteiger partial charge is 0.322 e. The molecule has 132 valence electrons. The normalized spacial score (nSPS) is 10.9. The third-order valence-corrected chi connectivity index (χ3v) is 4.84. The molecule has 0 radical (unpaired) electrons. The molecule has 0 saturated carbocycles. The van der Waals surface area contributed by atoms with Crippen LogP contribution in [-0.2, 0) is 0 Å². The Kier molecular flexibility index (Phi) is 4.18. The maximum absolute atomic E-state index is 5.74. The molecule has 0 saturated heterocycles. The number of hydrogen-bond acceptors (Lipinski definition) is 8. The van der Waals surface area contributed by atoms with E-state index in [0.29, 0.717) is 11.0 Å². The summed E-state index contributed by atoms with van der Waals surface area (Å²) < 4.78 is 17.3. The highest BCUT2D eigenvalue weighted by molar-refractivity contribution is 7.22. The lowest BCUT2D eigenvalue weighted by atomic mass is 10.1. The predicted octanol–water partition coefficient (Wildman–Crippen LogP) is 4.42. The van der Waals surface area contributed by atoms with E-state index in [0.717, 1.165) is 32.8 Å². The Morgan fingerprint density at radius 1 is 1.08 bits per heavy atom. The molecule has 0 unspecified atom stereocenters. The highest BCUT2D eigenvalue weighted by atomic mass is 32.1. The molecule has 26 heavy (non-hydrogen) atoms. The molecule has 2 aromatic carbocycles. The average Bonchev–Trinajstić information content (AvgIpc) is 3.27. The van der Waals surface area contributed by atoms with Crippen molar-refractivity contribution in [2.75, 3.05) is 19.5 Å². The fourth-order valence-electron chi connectivity index (χ4n) is 2.62. The van der Waals surface area contributed by atoms with E-state index < -0.39 is 0 Å². The minimum absolute atomic E-state index is 0.285. The maximum atomic E-state index is 5.74. The third kappa shape index (κ3) is 2.95. The second kappa shape index (κ2) is 6.64. The lowest BCUT2D eigenvalue weighted by Gasteiger charge is -2.04. The predicted molar refractivity (Wildman–Crippen MR) is 100 cm³/mol. The first kappa shape index (κ1) is 16.3. The molecule has 0 aliphatic heterocycles. The first-order chi connectivity index (χ1) is 12.7. The summed E-state index contributed by atoms with van der Waals surface area (Å²) in [5, 5.41) is 11.9. The van der Waals surface area contributed by atoms with Gasteiger partial charge in [-0.05, 0) is 42.8 Å². The summed E-state index contributed by atoms with van der Waals surface area (Å²) in [6.45, 7) is 1.97. The summed E-state index contributed by atoms with van der Waals surface area (Å²) in [5.74, 6) is 1.95. The van der Waals surface area contributed by atoms with Crippen molar-refractivity contribution in [1.29, 1.82) is 0 Å². The van der Waals surface area contributed by atoms with E-state index in [4.69, 9.17) is 13.9 Å². The molecule has 0 bridgehead atoms. The van der Waals surface area contributed by atoms with Crippen molar-refractivity contribution >= 4 is 32.7 Å². The number of thiazole rings is 1. The van der Waals surface area contributed by atoms with Gasteiger partial charge in [-0.15, -0.1) is 5.10 Å². The van der Waals surface area contributed by atoms with Crippen LogP contribution in [0.25, 0.3) is 21.7 Å². The van der Waals surface area contributed by atoms with Crippen LogP contribution in [0, 0.1) is 6.92 Å². The van der Waals surface area contributed by atoms with Gasteiger partial charge in [0.1, 0.15) is 17.0 Å². The van der Waals surface area contributed by atoms with Gasteiger partial charge in [-0.3, -0.25) is 5.32 Å². The van der Waals surface area contributed by atoms with Gasteiger partial charge in [-0.2, -0.15) is 0 Å². The molecule has 4 aromatic rings. The zero-order chi connectivity index (χ0) is 18.1. The van der Waals surface area contributed by atoms with Crippen molar-refractivity contribution in [1.82, 2.24) is 15.2 Å². The molecular weight excluding hydrogens is 352 g/mol. The monoisotopic (exact) mass is 368 g/mol. The van der Waals surface area contributed by atoms with Crippen LogP contribution in [0.5, 0.6) is 11.5 Å². The summed E-state index contributed by atoms with van der Waals surface area (Å²) >= 11 is 1.49. The summed E-state index contributed by atoms with van der Waals surface area (Å²) in [5.41, 5.74) is 2.65. The molecule has 4 rings (SSSR count). The van der Waals surface area contributed by atoms with E-state index in [9.17, 15) is 0 Å². The minimum Gasteiger partial charge on any atom is -0.497 e. The van der Waals surface area contributed by atoms with E-state index in [-0.39, 0.29) is 6.01 Å². The molecule has 0 amide bonds. The second-order valence-corrected chi connectivity index (χ2v) is 6.57. The van der Waals surface area contributed by atoms with Gasteiger partial charge in [0.05, 0.1) is 18.9 Å². The van der Waals surface area contributed by atoms with Crippen LogP contribution < -0.4 is 14.8 Å². The highest BCUT2D eigenvalue weighted by Crippen LogP contribution is 2.34. The molecule has 2 aromatic heterocycles. The molecule has 0 atom stereocenters. The standard InChI is InChI=1S/C18H16N4O3S/c1-10-9-11(23-2)7-8-12(10)16-21-22-17(25-16)20-18-19-15-13(24-3)5-4-6-14(15)26-18/h4-9H,1-3H3,(H,19,20,22). The van der Waals surface area contributed by atoms with Crippen LogP contribution in [0.3, 0.4) is 0 Å². The topological polar surface area (TPSA) is 82.3 Å². The summed E-state index contributed by atoms with van der Waals surface area (Å²) in [7, 11) is 3.26. The number of rotatable bonds is 5. The minimum atomic E-state index is 0.285. The number of benzene rings is 2. The molecule has 0 spiro atoms. The summed E-state index contributed by atoms with van der Waals surface area (Å²) in [6.07, 6.45) is 0. The van der Waals surface area contributed by atoms with Gasteiger partial charge < -0.3 is 13.9 Å². The van der Waals surface area contributed by atoms with Crippen molar-refractivity contribution in [2.45, 2.75) is 6.92 Å². The Bertz CT molecular complexity index is 1070. The average molecular weight is 368 g/mol. The first-order valence-corrected chi connectivity index (χ1v) is 8.68. The van der Waals surface area contributed by atoms with Crippen LogP contribution in [0.2, 0.25) is 0 Å². The van der Waals surface area contributed by atoms with E-state index in [1.165, 1.54) is 11.3 Å². The third-order valence-electron chi connectivity index (χ3n) is 3.90. The van der Waals surface area contributed by atoms with Crippen LogP contribution >= 0.6 is 11.3 Å². The Labute approximate surface area is 153 Å². The molecule has 1 N–H and O–H groups in total. The number of methoxy groups -OCH3 is 2. The molecule has 0 aliphatic carbocycles. The largest absolute Gasteiger partial charge is 0.497 e. The van der Waals surface area contributed by atoms with Gasteiger partial charge >= 0.3 is 6.01 Å². The number of ether oxygens (including phenoxy) is 2. The van der Waals surface area contributed by atoms with Crippen molar-refractivity contribution in [3.8, 4) is 23.0 Å². The molecule has 7 nitrogen and oxygen atoms in total. The number of para-hydroxylation sites is 1. The first-order valence-electron chi connectivity index (χ1n) is 7.87. The lowest BCUT2D eigenvalue weighted by Crippen LogP contribution is -1.89. The van der Waals surface area contributed by atoms with Crippen LogP contribution in [0.4, 0.5) is 11.1 Å². The number of aryl methyl sites for hydroxylation is 1. The van der Waals surface area contributed by atoms with Crippen molar-refractivity contribution in [2.24, 2.45) is 0 Å². The van der Waals surface area contributed by atoms with Gasteiger partial charge in [-0.25, -0.2) is 4.98 Å². The number of nitrogens with zero attached hydrogens (tertiary/aromatic N) is 3. The maximum Gasteiger partial charge on any atom is 0.322 e. The number of anilines is 2. The van der Waals surface area contributed by atoms with Gasteiger partial charge in [0.25, 0.3) is 0 Å². The molecule has 8 heteroatoms. The zero-order valence-electron chi connectivity index (χ0n) is 14.4. The number of hydrogen-bond donors (Lipinski definition) is 1. The van der Waals surface area contributed by atoms with Crippen LogP contribution in [0.15, 0.2) is 40.8 Å². The Hall–Kier alpha value is -3.13. The summed E-state index contributed by atoms with van der Waals surface area (Å²) in [4.78, 5) is 4.54. The van der Waals surface area contributed by atoms with Gasteiger partial charge in [-0.1, -0.05) is 22.5 Å². The van der Waals surface area contributed by atoms with Crippen LogP contribution in [0.1, 0.15) is 5.56 Å². The van der Waals surface area contributed by atoms with Gasteiger partial charge in [0, 0.05) is 5.56 Å². The Balaban J connectivity index is 1.61. The van der Waals surface area contributed by atoms with Crippen molar-refractivity contribution < 1.29 is 13.9 Å². The van der Waals surface area contributed by atoms with Crippen molar-refractivity contribution in [3.63, 3.8) is 0 Å². The molecule has 0 aliphatic rings. The van der Waals surface area contributed by atoms with E-state index in [2.05, 4.69) is 20.5 Å². The SMILES string of the molecule is COc1ccc(-c2nnc(Nc3nc4c(OC)cccc4s3)o2)c(C)c1. The van der Waals surface area contributed by atoms with Gasteiger partial charge in [0.15, 0.2) is 5.13 Å². The Morgan fingerprint density at radius 2 is 1.96 bits per heavy atom. The van der Waals surface area contributed by atoms with Crippen molar-refractivity contribution in [3.05, 3.63) is 42.0 Å². The number of nitrogens with one attached hydrogen (secondary N) is 1. The van der Waals surface area contributed by atoms with Crippen LogP contribution in [-0.4, -0.2) is 29.4 Å². The van der Waals surface area contributed by atoms with E-state index in [1.54, 1.807) is 14.2 Å². The van der Waals surface area contributed by atoms with Gasteiger partial charge in [0.2, 0.25) is 5.89 Å². The molecular formula is C18H16N4O3S. The van der Waals surface area contributed by atoms with E-state index >= 15 is 0 Å². The quantitative estimate of drug-likeness (QED) is 0.558. The fourth-order valence-corrected chi connectivity index (χ4v) is 3.49. The second-order valence-electron chi connectivity index (χ2n) is 5.54. The molecule has 2 heterocycles. The fraction of sp³-hybridized carbons (Fsp3) is 0.167. The Morgan fingerprint density at radius 3 is 2.73 bits per heavy atom. The number of fused-ring (bicyclic) bond motifs is 1. The highest BCUT2D eigenvalue weighted by Gasteiger charge is 2.14. The number of aromatic nitrogens is 3. The summed E-state index contributed by atoms with van der Waals surface area (Å²) in [6, 6.07) is 11.8. The van der Waals surface area contributed by atoms with E-state index in [1.807, 2.05) is 43.3 Å².